The first-order valence-electron chi connectivity index (χ1n) is 4.20. The molecule has 0 fully saturated rings. The van der Waals surface area contributed by atoms with Gasteiger partial charge in [-0.25, -0.2) is 4.99 Å². The minimum Gasteiger partial charge on any atom is -0.271 e. The number of nitrogens with one attached hydrogen (secondary N) is 1. The predicted octanol–water partition coefficient (Wildman–Crippen LogP) is 2.02. The average molecular weight is 236 g/mol. The van der Waals surface area contributed by atoms with E-state index in [-0.39, 0.29) is 11.4 Å². The standard InChI is InChI=1S/C9H8N4O2S/c1-16-9(11-6-10)12-7-4-2-3-5-8(7)13(14)15/h2-5H,1H3,(H,11,12). The Kier molecular flexibility index (Phi) is 4.29. The fourth-order valence-electron chi connectivity index (χ4n) is 0.995. The third-order valence-corrected chi connectivity index (χ3v) is 2.24. The number of hydrogen-bond acceptors (Lipinski definition) is 5. The Balaban J connectivity index is 3.13. The Hall–Kier alpha value is -2.07. The minimum atomic E-state index is -0.511. The highest BCUT2D eigenvalue weighted by Crippen LogP contribution is 2.26. The third kappa shape index (κ3) is 2.96. The third-order valence-electron chi connectivity index (χ3n) is 1.66. The van der Waals surface area contributed by atoms with E-state index in [1.165, 1.54) is 23.9 Å². The highest BCUT2D eigenvalue weighted by molar-refractivity contribution is 8.13. The molecular weight excluding hydrogens is 228 g/mol. The van der Waals surface area contributed by atoms with E-state index >= 15 is 0 Å². The first kappa shape index (κ1) is 12.0. The monoisotopic (exact) mass is 236 g/mol. The molecule has 0 saturated heterocycles. The Labute approximate surface area is 96.1 Å². The second kappa shape index (κ2) is 5.72. The molecule has 0 aliphatic rings. The lowest BCUT2D eigenvalue weighted by Gasteiger charge is -2.00. The Morgan fingerprint density at radius 1 is 1.62 bits per heavy atom. The molecule has 0 amide bonds. The Morgan fingerprint density at radius 3 is 2.88 bits per heavy atom. The van der Waals surface area contributed by atoms with Gasteiger partial charge in [0.25, 0.3) is 5.69 Å². The zero-order chi connectivity index (χ0) is 12.0. The molecule has 0 aliphatic heterocycles. The van der Waals surface area contributed by atoms with Crippen LogP contribution in [0.15, 0.2) is 29.3 Å². The summed E-state index contributed by atoms with van der Waals surface area (Å²) in [5.74, 6) is 0. The Bertz CT molecular complexity index is 467. The molecule has 1 aromatic rings. The maximum Gasteiger partial charge on any atom is 0.294 e. The molecule has 0 radical (unpaired) electrons. The van der Waals surface area contributed by atoms with Crippen molar-refractivity contribution < 1.29 is 4.92 Å². The van der Waals surface area contributed by atoms with Crippen LogP contribution in [0.4, 0.5) is 11.4 Å². The molecule has 0 atom stereocenters. The van der Waals surface area contributed by atoms with E-state index in [4.69, 9.17) is 5.26 Å². The molecule has 6 nitrogen and oxygen atoms in total. The molecule has 0 unspecified atom stereocenters. The summed E-state index contributed by atoms with van der Waals surface area (Å²) in [5.41, 5.74) is 0.133. The van der Waals surface area contributed by atoms with Gasteiger partial charge in [-0.1, -0.05) is 23.9 Å². The maximum atomic E-state index is 10.7. The van der Waals surface area contributed by atoms with Crippen LogP contribution in [0.3, 0.4) is 0 Å². The smallest absolute Gasteiger partial charge is 0.271 e. The normalized spacial score (nSPS) is 10.6. The van der Waals surface area contributed by atoms with Crippen molar-refractivity contribution in [3.63, 3.8) is 0 Å². The Morgan fingerprint density at radius 2 is 2.31 bits per heavy atom. The molecule has 0 aromatic heterocycles. The van der Waals surface area contributed by atoms with Crippen LogP contribution < -0.4 is 5.32 Å². The largest absolute Gasteiger partial charge is 0.294 e. The SMILES string of the molecule is CSC(=Nc1ccccc1[N+](=O)[O-])NC#N. The number of amidine groups is 1. The molecule has 16 heavy (non-hydrogen) atoms. The van der Waals surface area contributed by atoms with Crippen molar-refractivity contribution in [3.8, 4) is 6.19 Å². The highest BCUT2D eigenvalue weighted by atomic mass is 32.2. The molecule has 0 spiro atoms. The number of thioether (sulfide) groups is 1. The lowest BCUT2D eigenvalue weighted by Crippen LogP contribution is -2.12. The summed E-state index contributed by atoms with van der Waals surface area (Å²) in [7, 11) is 0. The fraction of sp³-hybridized carbons (Fsp3) is 0.111. The van der Waals surface area contributed by atoms with Crippen molar-refractivity contribution in [2.45, 2.75) is 0 Å². The number of rotatable bonds is 2. The van der Waals surface area contributed by atoms with Crippen molar-refractivity contribution in [1.82, 2.24) is 5.32 Å². The summed E-state index contributed by atoms with van der Waals surface area (Å²) in [6.07, 6.45) is 3.44. The van der Waals surface area contributed by atoms with Crippen molar-refractivity contribution in [2.24, 2.45) is 4.99 Å². The molecule has 0 heterocycles. The fourth-order valence-corrected chi connectivity index (χ4v) is 1.33. The number of hydrogen-bond donors (Lipinski definition) is 1. The van der Waals surface area contributed by atoms with Crippen LogP contribution in [0, 0.1) is 21.6 Å². The topological polar surface area (TPSA) is 91.3 Å². The lowest BCUT2D eigenvalue weighted by molar-refractivity contribution is -0.384. The highest BCUT2D eigenvalue weighted by Gasteiger charge is 2.12. The summed E-state index contributed by atoms with van der Waals surface area (Å²) in [6, 6.07) is 6.10. The van der Waals surface area contributed by atoms with Crippen LogP contribution >= 0.6 is 11.8 Å². The van der Waals surface area contributed by atoms with Gasteiger partial charge in [0.1, 0.15) is 5.69 Å². The summed E-state index contributed by atoms with van der Waals surface area (Å²) in [6.45, 7) is 0. The van der Waals surface area contributed by atoms with Gasteiger partial charge in [-0.15, -0.1) is 0 Å². The predicted molar refractivity (Wildman–Crippen MR) is 62.5 cm³/mol. The molecule has 1 rings (SSSR count). The van der Waals surface area contributed by atoms with Crippen molar-refractivity contribution in [2.75, 3.05) is 6.26 Å². The first-order chi connectivity index (χ1) is 7.69. The second-order valence-corrected chi connectivity index (χ2v) is 3.40. The number of nitriles is 1. The molecule has 82 valence electrons. The average Bonchev–Trinajstić information content (AvgIpc) is 2.29. The van der Waals surface area contributed by atoms with Crippen LogP contribution in [-0.4, -0.2) is 16.3 Å². The molecule has 0 saturated carbocycles. The summed E-state index contributed by atoms with van der Waals surface area (Å²) in [4.78, 5) is 14.2. The van der Waals surface area contributed by atoms with E-state index in [0.29, 0.717) is 5.17 Å². The summed E-state index contributed by atoms with van der Waals surface area (Å²) < 4.78 is 0. The quantitative estimate of drug-likeness (QED) is 0.212. The number of nitro benzene ring substituents is 1. The van der Waals surface area contributed by atoms with E-state index in [0.717, 1.165) is 0 Å². The van der Waals surface area contributed by atoms with Crippen LogP contribution in [0.5, 0.6) is 0 Å². The van der Waals surface area contributed by atoms with E-state index < -0.39 is 4.92 Å². The molecule has 1 aromatic carbocycles. The number of nitro groups is 1. The number of benzene rings is 1. The minimum absolute atomic E-state index is 0.0891. The number of nitrogens with zero attached hydrogens (tertiary/aromatic N) is 3. The van der Waals surface area contributed by atoms with Gasteiger partial charge in [0.2, 0.25) is 0 Å². The van der Waals surface area contributed by atoms with E-state index in [9.17, 15) is 10.1 Å². The first-order valence-corrected chi connectivity index (χ1v) is 5.42. The second-order valence-electron chi connectivity index (χ2n) is 2.60. The van der Waals surface area contributed by atoms with Gasteiger partial charge in [0.15, 0.2) is 11.4 Å². The van der Waals surface area contributed by atoms with Crippen LogP contribution in [-0.2, 0) is 0 Å². The maximum absolute atomic E-state index is 10.7. The van der Waals surface area contributed by atoms with Crippen LogP contribution in [0.1, 0.15) is 0 Å². The van der Waals surface area contributed by atoms with Crippen molar-refractivity contribution >= 4 is 28.3 Å². The van der Waals surface area contributed by atoms with E-state index in [1.54, 1.807) is 24.6 Å². The van der Waals surface area contributed by atoms with Gasteiger partial charge in [-0.3, -0.25) is 15.4 Å². The molecule has 7 heteroatoms. The zero-order valence-corrected chi connectivity index (χ0v) is 9.19. The van der Waals surface area contributed by atoms with Gasteiger partial charge in [-0.05, 0) is 12.3 Å². The molecule has 1 N–H and O–H groups in total. The van der Waals surface area contributed by atoms with Gasteiger partial charge in [0, 0.05) is 6.07 Å². The van der Waals surface area contributed by atoms with Crippen molar-refractivity contribution in [3.05, 3.63) is 34.4 Å². The summed E-state index contributed by atoms with van der Waals surface area (Å²) in [5, 5.41) is 21.8. The summed E-state index contributed by atoms with van der Waals surface area (Å²) >= 11 is 1.20. The van der Waals surface area contributed by atoms with Gasteiger partial charge in [-0.2, -0.15) is 5.26 Å². The zero-order valence-electron chi connectivity index (χ0n) is 8.38. The van der Waals surface area contributed by atoms with Crippen molar-refractivity contribution in [1.29, 1.82) is 5.26 Å². The van der Waals surface area contributed by atoms with Crippen LogP contribution in [0.25, 0.3) is 0 Å². The lowest BCUT2D eigenvalue weighted by atomic mass is 10.3. The van der Waals surface area contributed by atoms with Gasteiger partial charge < -0.3 is 0 Å². The van der Waals surface area contributed by atoms with Crippen LogP contribution in [0.2, 0.25) is 0 Å². The van der Waals surface area contributed by atoms with Gasteiger partial charge >= 0.3 is 0 Å². The van der Waals surface area contributed by atoms with E-state index in [2.05, 4.69) is 10.3 Å². The number of aliphatic imine (C=N–C) groups is 1. The number of para-hydroxylation sites is 2. The molecule has 0 aliphatic carbocycles. The van der Waals surface area contributed by atoms with Gasteiger partial charge in [0.05, 0.1) is 4.92 Å². The molecule has 0 bridgehead atoms. The molecular formula is C9H8N4O2S. The van der Waals surface area contributed by atoms with E-state index in [1.807, 2.05) is 0 Å².